The fourth-order valence-electron chi connectivity index (χ4n) is 9.55. The van der Waals surface area contributed by atoms with Gasteiger partial charge in [0.25, 0.3) is 0 Å². The average Bonchev–Trinajstić information content (AvgIpc) is 3.67. The maximum Gasteiger partial charge on any atom is 0.0547 e. The van der Waals surface area contributed by atoms with Gasteiger partial charge in [0.15, 0.2) is 0 Å². The van der Waals surface area contributed by atoms with E-state index >= 15 is 0 Å². The van der Waals surface area contributed by atoms with Crippen molar-refractivity contribution in [2.75, 3.05) is 4.90 Å². The highest BCUT2D eigenvalue weighted by molar-refractivity contribution is 6.24. The molecule has 11 aromatic carbocycles. The Morgan fingerprint density at radius 2 is 0.750 bits per heavy atom. The van der Waals surface area contributed by atoms with Crippen molar-refractivity contribution in [1.29, 1.82) is 0 Å². The van der Waals surface area contributed by atoms with Gasteiger partial charge in [-0.05, 0) is 126 Å². The fraction of sp³-hybridized carbons (Fsp3) is 0. The molecular weight excluding hydrogens is 725 g/mol. The first-order valence-corrected chi connectivity index (χ1v) is 20.7. The highest BCUT2D eigenvalue weighted by atomic mass is 15.1. The SMILES string of the molecule is c1cc(-c2cccc(-n3c4cccc5ccc6cccc3c6c54)c2)cc(N(c2ccc(-c3cccc4ccccc34)cc2)c2cccc(-c3cccc4ccccc34)c2)c1. The van der Waals surface area contributed by atoms with Crippen LogP contribution in [0.25, 0.3) is 93.2 Å². The molecule has 0 aliphatic heterocycles. The number of aromatic nitrogens is 1. The summed E-state index contributed by atoms with van der Waals surface area (Å²) >= 11 is 0. The summed E-state index contributed by atoms with van der Waals surface area (Å²) in [6.45, 7) is 0. The molecule has 0 N–H and O–H groups in total. The minimum absolute atomic E-state index is 1.09. The summed E-state index contributed by atoms with van der Waals surface area (Å²) in [6, 6.07) is 84.3. The van der Waals surface area contributed by atoms with E-state index in [-0.39, 0.29) is 0 Å². The van der Waals surface area contributed by atoms with Crippen LogP contribution in [0.5, 0.6) is 0 Å². The molecule has 1 heterocycles. The van der Waals surface area contributed by atoms with Crippen LogP contribution < -0.4 is 4.90 Å². The van der Waals surface area contributed by atoms with Gasteiger partial charge in [-0.1, -0.05) is 170 Å². The molecule has 0 aliphatic carbocycles. The summed E-state index contributed by atoms with van der Waals surface area (Å²) in [5, 5.41) is 10.2. The number of fused-ring (bicyclic) bond motifs is 2. The lowest BCUT2D eigenvalue weighted by Gasteiger charge is -2.27. The predicted molar refractivity (Wildman–Crippen MR) is 255 cm³/mol. The summed E-state index contributed by atoms with van der Waals surface area (Å²) in [5.74, 6) is 0. The number of benzene rings is 11. The summed E-state index contributed by atoms with van der Waals surface area (Å²) in [6.07, 6.45) is 0. The van der Waals surface area contributed by atoms with Crippen LogP contribution in [0.1, 0.15) is 0 Å². The Balaban J connectivity index is 0.995. The van der Waals surface area contributed by atoms with Gasteiger partial charge in [0.2, 0.25) is 0 Å². The third kappa shape index (κ3) is 5.57. The highest BCUT2D eigenvalue weighted by Gasteiger charge is 2.19. The Morgan fingerprint density at radius 1 is 0.283 bits per heavy atom. The molecule has 2 heteroatoms. The Bertz CT molecular complexity index is 3480. The van der Waals surface area contributed by atoms with Crippen molar-refractivity contribution in [3.8, 4) is 39.1 Å². The van der Waals surface area contributed by atoms with Gasteiger partial charge in [-0.2, -0.15) is 0 Å². The van der Waals surface area contributed by atoms with Crippen molar-refractivity contribution in [2.45, 2.75) is 0 Å². The number of anilines is 3. The normalized spacial score (nSPS) is 11.7. The lowest BCUT2D eigenvalue weighted by Crippen LogP contribution is -2.10. The molecule has 0 amide bonds. The third-order valence-corrected chi connectivity index (χ3v) is 12.3. The van der Waals surface area contributed by atoms with Crippen LogP contribution in [0.4, 0.5) is 17.1 Å². The fourth-order valence-corrected chi connectivity index (χ4v) is 9.55. The Hall–Kier alpha value is -7.94. The monoisotopic (exact) mass is 762 g/mol. The second-order valence-corrected chi connectivity index (χ2v) is 15.7. The zero-order chi connectivity index (χ0) is 39.6. The van der Waals surface area contributed by atoms with E-state index in [1.807, 2.05) is 0 Å². The van der Waals surface area contributed by atoms with Crippen LogP contribution in [-0.4, -0.2) is 4.57 Å². The molecule has 12 aromatic rings. The molecular formula is C58H38N2. The number of hydrogen-bond donors (Lipinski definition) is 0. The van der Waals surface area contributed by atoms with E-state index in [0.29, 0.717) is 0 Å². The molecule has 0 saturated heterocycles. The average molecular weight is 763 g/mol. The second kappa shape index (κ2) is 13.9. The smallest absolute Gasteiger partial charge is 0.0547 e. The Morgan fingerprint density at radius 3 is 1.38 bits per heavy atom. The summed E-state index contributed by atoms with van der Waals surface area (Å²) in [7, 11) is 0. The van der Waals surface area contributed by atoms with E-state index in [4.69, 9.17) is 0 Å². The van der Waals surface area contributed by atoms with Crippen molar-refractivity contribution in [3.63, 3.8) is 0 Å². The summed E-state index contributed by atoms with van der Waals surface area (Å²) in [4.78, 5) is 2.40. The Labute approximate surface area is 348 Å². The summed E-state index contributed by atoms with van der Waals surface area (Å²) in [5.41, 5.74) is 14.1. The standard InChI is InChI=1S/C58H38N2/c1-3-24-51-39(12-1)14-8-26-53(51)41-32-34-47(35-33-41)59(49-22-7-20-46(38-49)54-27-9-15-40-13-2-4-25-52(40)54)48-21-5-18-44(36-48)45-19-6-23-50(37-45)60-55-28-10-16-42-30-31-43-17-11-29-56(60)58(43)57(42)55/h1-38H. The molecule has 0 saturated carbocycles. The maximum atomic E-state index is 2.43. The predicted octanol–water partition coefficient (Wildman–Crippen LogP) is 16.2. The number of hydrogen-bond acceptors (Lipinski definition) is 1. The van der Waals surface area contributed by atoms with Crippen LogP contribution >= 0.6 is 0 Å². The van der Waals surface area contributed by atoms with Gasteiger partial charge in [0.05, 0.1) is 11.0 Å². The van der Waals surface area contributed by atoms with Gasteiger partial charge < -0.3 is 9.47 Å². The molecule has 1 aromatic heterocycles. The van der Waals surface area contributed by atoms with Crippen molar-refractivity contribution in [1.82, 2.24) is 4.57 Å². The Kier molecular flexibility index (Phi) is 7.89. The third-order valence-electron chi connectivity index (χ3n) is 12.3. The highest BCUT2D eigenvalue weighted by Crippen LogP contribution is 2.42. The molecule has 0 unspecified atom stereocenters. The van der Waals surface area contributed by atoms with E-state index in [9.17, 15) is 0 Å². The zero-order valence-electron chi connectivity index (χ0n) is 32.8. The lowest BCUT2D eigenvalue weighted by molar-refractivity contribution is 1.18. The van der Waals surface area contributed by atoms with Crippen molar-refractivity contribution in [2.24, 2.45) is 0 Å². The van der Waals surface area contributed by atoms with Gasteiger partial charge in [-0.15, -0.1) is 0 Å². The van der Waals surface area contributed by atoms with E-state index in [1.165, 1.54) is 81.9 Å². The molecule has 0 aliphatic rings. The maximum absolute atomic E-state index is 2.43. The molecule has 0 fully saturated rings. The first-order chi connectivity index (χ1) is 29.7. The number of rotatable bonds is 7. The molecule has 0 radical (unpaired) electrons. The topological polar surface area (TPSA) is 8.17 Å². The van der Waals surface area contributed by atoms with Gasteiger partial charge in [0, 0.05) is 33.5 Å². The van der Waals surface area contributed by atoms with Crippen LogP contribution in [0.15, 0.2) is 231 Å². The number of nitrogens with zero attached hydrogens (tertiary/aromatic N) is 2. The first-order valence-electron chi connectivity index (χ1n) is 20.7. The summed E-state index contributed by atoms with van der Waals surface area (Å²) < 4.78 is 2.43. The van der Waals surface area contributed by atoms with Gasteiger partial charge in [0.1, 0.15) is 0 Å². The molecule has 12 rings (SSSR count). The van der Waals surface area contributed by atoms with Crippen LogP contribution in [0.2, 0.25) is 0 Å². The molecule has 0 spiro atoms. The van der Waals surface area contributed by atoms with Gasteiger partial charge in [-0.3, -0.25) is 0 Å². The second-order valence-electron chi connectivity index (χ2n) is 15.7. The molecule has 0 atom stereocenters. The van der Waals surface area contributed by atoms with E-state index in [1.54, 1.807) is 0 Å². The van der Waals surface area contributed by atoms with E-state index in [2.05, 4.69) is 240 Å². The van der Waals surface area contributed by atoms with Crippen molar-refractivity contribution in [3.05, 3.63) is 231 Å². The minimum atomic E-state index is 1.09. The van der Waals surface area contributed by atoms with Gasteiger partial charge >= 0.3 is 0 Å². The molecule has 60 heavy (non-hydrogen) atoms. The quantitative estimate of drug-likeness (QED) is 0.147. The van der Waals surface area contributed by atoms with Gasteiger partial charge in [-0.25, -0.2) is 0 Å². The molecule has 280 valence electrons. The van der Waals surface area contributed by atoms with Crippen molar-refractivity contribution < 1.29 is 0 Å². The van der Waals surface area contributed by atoms with E-state index in [0.717, 1.165) is 28.3 Å². The molecule has 2 nitrogen and oxygen atoms in total. The van der Waals surface area contributed by atoms with Crippen LogP contribution in [0, 0.1) is 0 Å². The van der Waals surface area contributed by atoms with E-state index < -0.39 is 0 Å². The zero-order valence-corrected chi connectivity index (χ0v) is 32.8. The van der Waals surface area contributed by atoms with Crippen molar-refractivity contribution >= 4 is 71.2 Å². The minimum Gasteiger partial charge on any atom is -0.310 e. The molecule has 0 bridgehead atoms. The van der Waals surface area contributed by atoms with Crippen LogP contribution in [0.3, 0.4) is 0 Å². The first kappa shape index (κ1) is 34.1. The largest absolute Gasteiger partial charge is 0.310 e. The lowest BCUT2D eigenvalue weighted by atomic mass is 9.97. The van der Waals surface area contributed by atoms with Crippen LogP contribution in [-0.2, 0) is 0 Å².